The molecule has 0 saturated carbocycles. The van der Waals surface area contributed by atoms with Gasteiger partial charge in [0, 0.05) is 18.7 Å². The van der Waals surface area contributed by atoms with Gasteiger partial charge in [-0.25, -0.2) is 13.1 Å². The molecular formula is C17H19N3O7S. The van der Waals surface area contributed by atoms with Crippen molar-refractivity contribution in [2.45, 2.75) is 25.7 Å². The maximum Gasteiger partial charge on any atom is 0.280 e. The van der Waals surface area contributed by atoms with E-state index in [9.17, 15) is 28.6 Å². The number of hydrogen-bond acceptors (Lipinski definition) is 7. The molecule has 2 aromatic rings. The van der Waals surface area contributed by atoms with Gasteiger partial charge in [0.1, 0.15) is 17.9 Å². The van der Waals surface area contributed by atoms with E-state index in [0.29, 0.717) is 5.75 Å². The van der Waals surface area contributed by atoms with Gasteiger partial charge in [-0.2, -0.15) is 0 Å². The van der Waals surface area contributed by atoms with Crippen molar-refractivity contribution >= 4 is 21.4 Å². The van der Waals surface area contributed by atoms with E-state index in [4.69, 9.17) is 4.74 Å². The van der Waals surface area contributed by atoms with Crippen LogP contribution in [0.3, 0.4) is 0 Å². The number of aryl methyl sites for hydroxylation is 2. The van der Waals surface area contributed by atoms with Gasteiger partial charge >= 0.3 is 0 Å². The highest BCUT2D eigenvalue weighted by molar-refractivity contribution is 7.89. The number of rotatable bonds is 8. The minimum absolute atomic E-state index is 0.0121. The van der Waals surface area contributed by atoms with Crippen molar-refractivity contribution in [3.8, 4) is 5.75 Å². The first-order chi connectivity index (χ1) is 13.0. The van der Waals surface area contributed by atoms with Gasteiger partial charge < -0.3 is 4.74 Å². The lowest BCUT2D eigenvalue weighted by atomic mass is 10.1. The third kappa shape index (κ3) is 5.02. The molecule has 0 radical (unpaired) electrons. The molecule has 10 nitrogen and oxygen atoms in total. The second-order valence-electron chi connectivity index (χ2n) is 6.17. The molecule has 1 N–H and O–H groups in total. The molecule has 0 aliphatic carbocycles. The number of nitrogens with one attached hydrogen (secondary N) is 1. The average molecular weight is 409 g/mol. The molecular weight excluding hydrogens is 390 g/mol. The topological polar surface area (TPSA) is 142 Å². The highest BCUT2D eigenvalue weighted by Crippen LogP contribution is 2.31. The van der Waals surface area contributed by atoms with E-state index in [2.05, 4.69) is 4.72 Å². The van der Waals surface area contributed by atoms with E-state index < -0.39 is 36.1 Å². The molecule has 2 rings (SSSR count). The van der Waals surface area contributed by atoms with Gasteiger partial charge in [-0.15, -0.1) is 0 Å². The van der Waals surface area contributed by atoms with Crippen molar-refractivity contribution < 1.29 is 23.0 Å². The quantitative estimate of drug-likeness (QED) is 0.401. The maximum atomic E-state index is 12.4. The molecule has 0 fully saturated rings. The SMILES string of the molecule is Cc1cc(C)cc(OCCNS(=O)(=O)c2cc([N+](=O)[O-])c(C)c([N+](=O)[O-])c2)c1. The number of hydrogen-bond donors (Lipinski definition) is 1. The molecule has 11 heteroatoms. The third-order valence-electron chi connectivity index (χ3n) is 3.89. The van der Waals surface area contributed by atoms with Crippen LogP contribution in [0.5, 0.6) is 5.75 Å². The number of nitrogens with zero attached hydrogens (tertiary/aromatic N) is 2. The summed E-state index contributed by atoms with van der Waals surface area (Å²) >= 11 is 0. The molecule has 0 unspecified atom stereocenters. The highest BCUT2D eigenvalue weighted by Gasteiger charge is 2.27. The Balaban J connectivity index is 2.16. The Morgan fingerprint density at radius 3 is 1.89 bits per heavy atom. The lowest BCUT2D eigenvalue weighted by molar-refractivity contribution is -0.395. The second kappa shape index (κ2) is 8.31. The van der Waals surface area contributed by atoms with E-state index in [0.717, 1.165) is 23.3 Å². The number of ether oxygens (including phenoxy) is 1. The minimum atomic E-state index is -4.20. The molecule has 0 atom stereocenters. The van der Waals surface area contributed by atoms with Gasteiger partial charge in [-0.1, -0.05) is 6.07 Å². The minimum Gasteiger partial charge on any atom is -0.492 e. The Bertz CT molecular complexity index is 980. The summed E-state index contributed by atoms with van der Waals surface area (Å²) in [6.45, 7) is 4.89. The normalized spacial score (nSPS) is 11.2. The summed E-state index contributed by atoms with van der Waals surface area (Å²) in [5, 5.41) is 22.2. The van der Waals surface area contributed by atoms with Gasteiger partial charge in [0.25, 0.3) is 11.4 Å². The second-order valence-corrected chi connectivity index (χ2v) is 7.94. The number of nitro groups is 2. The maximum absolute atomic E-state index is 12.4. The van der Waals surface area contributed by atoms with Crippen LogP contribution in [0, 0.1) is 41.0 Å². The molecule has 0 aliphatic rings. The van der Waals surface area contributed by atoms with Gasteiger partial charge in [-0.3, -0.25) is 20.2 Å². The summed E-state index contributed by atoms with van der Waals surface area (Å²) in [4.78, 5) is 19.9. The van der Waals surface area contributed by atoms with E-state index in [1.807, 2.05) is 19.9 Å². The summed E-state index contributed by atoms with van der Waals surface area (Å²) in [5.41, 5.74) is 0.499. The van der Waals surface area contributed by atoms with E-state index in [-0.39, 0.29) is 18.7 Å². The zero-order valence-electron chi connectivity index (χ0n) is 15.5. The summed E-state index contributed by atoms with van der Waals surface area (Å²) < 4.78 is 32.5. The van der Waals surface area contributed by atoms with Crippen molar-refractivity contribution in [3.05, 3.63) is 67.3 Å². The van der Waals surface area contributed by atoms with E-state index in [1.165, 1.54) is 6.92 Å². The third-order valence-corrected chi connectivity index (χ3v) is 5.33. The molecule has 150 valence electrons. The Morgan fingerprint density at radius 1 is 0.929 bits per heavy atom. The molecule has 2 aromatic carbocycles. The first-order valence-corrected chi connectivity index (χ1v) is 9.64. The van der Waals surface area contributed by atoms with Crippen LogP contribution in [0.15, 0.2) is 35.2 Å². The standard InChI is InChI=1S/C17H19N3O7S/c1-11-6-12(2)8-14(7-11)27-5-4-18-28(25,26)15-9-16(19(21)22)13(3)17(10-15)20(23)24/h6-10,18H,4-5H2,1-3H3. The smallest absolute Gasteiger partial charge is 0.280 e. The Kier molecular flexibility index (Phi) is 6.31. The average Bonchev–Trinajstić information content (AvgIpc) is 2.57. The van der Waals surface area contributed by atoms with E-state index in [1.54, 1.807) is 12.1 Å². The summed E-state index contributed by atoms with van der Waals surface area (Å²) in [5.74, 6) is 0.582. The predicted molar refractivity (Wildman–Crippen MR) is 101 cm³/mol. The fourth-order valence-electron chi connectivity index (χ4n) is 2.64. The molecule has 0 heterocycles. The molecule has 28 heavy (non-hydrogen) atoms. The summed E-state index contributed by atoms with van der Waals surface area (Å²) in [7, 11) is -4.20. The van der Waals surface area contributed by atoms with Crippen LogP contribution >= 0.6 is 0 Å². The van der Waals surface area contributed by atoms with Crippen LogP contribution in [0.1, 0.15) is 16.7 Å². The molecule has 0 spiro atoms. The van der Waals surface area contributed by atoms with Gasteiger partial charge in [-0.05, 0) is 44.0 Å². The van der Waals surface area contributed by atoms with E-state index >= 15 is 0 Å². The zero-order chi connectivity index (χ0) is 21.1. The molecule has 0 saturated heterocycles. The van der Waals surface area contributed by atoms with Crippen molar-refractivity contribution in [1.29, 1.82) is 0 Å². The fraction of sp³-hybridized carbons (Fsp3) is 0.294. The number of nitro benzene ring substituents is 2. The van der Waals surface area contributed by atoms with Crippen LogP contribution < -0.4 is 9.46 Å². The first kappa shape index (κ1) is 21.3. The largest absolute Gasteiger partial charge is 0.492 e. The Labute approximate surface area is 161 Å². The highest BCUT2D eigenvalue weighted by atomic mass is 32.2. The zero-order valence-corrected chi connectivity index (χ0v) is 16.3. The van der Waals surface area contributed by atoms with Crippen LogP contribution in [-0.4, -0.2) is 31.4 Å². The number of benzene rings is 2. The molecule has 0 aliphatic heterocycles. The lowest BCUT2D eigenvalue weighted by Crippen LogP contribution is -2.28. The van der Waals surface area contributed by atoms with Gasteiger partial charge in [0.15, 0.2) is 0 Å². The monoisotopic (exact) mass is 409 g/mol. The molecule has 0 amide bonds. The van der Waals surface area contributed by atoms with Crippen LogP contribution in [0.4, 0.5) is 11.4 Å². The van der Waals surface area contributed by atoms with Gasteiger partial charge in [0.05, 0.1) is 14.7 Å². The Hall–Kier alpha value is -3.05. The molecule has 0 bridgehead atoms. The van der Waals surface area contributed by atoms with Crippen LogP contribution in [0.2, 0.25) is 0 Å². The summed E-state index contributed by atoms with van der Waals surface area (Å²) in [6.07, 6.45) is 0. The fourth-order valence-corrected chi connectivity index (χ4v) is 3.69. The number of sulfonamides is 1. The van der Waals surface area contributed by atoms with Crippen molar-refractivity contribution in [1.82, 2.24) is 4.72 Å². The summed E-state index contributed by atoms with van der Waals surface area (Å²) in [6, 6.07) is 7.17. The molecule has 0 aromatic heterocycles. The van der Waals surface area contributed by atoms with Gasteiger partial charge in [0.2, 0.25) is 10.0 Å². The Morgan fingerprint density at radius 2 is 1.43 bits per heavy atom. The van der Waals surface area contributed by atoms with Crippen LogP contribution in [-0.2, 0) is 10.0 Å². The first-order valence-electron chi connectivity index (χ1n) is 8.15. The van der Waals surface area contributed by atoms with Crippen LogP contribution in [0.25, 0.3) is 0 Å². The van der Waals surface area contributed by atoms with Crippen molar-refractivity contribution in [2.75, 3.05) is 13.2 Å². The predicted octanol–water partition coefficient (Wildman–Crippen LogP) is 2.79. The van der Waals surface area contributed by atoms with Crippen molar-refractivity contribution in [2.24, 2.45) is 0 Å². The van der Waals surface area contributed by atoms with Crippen molar-refractivity contribution in [3.63, 3.8) is 0 Å². The lowest BCUT2D eigenvalue weighted by Gasteiger charge is -2.10.